The van der Waals surface area contributed by atoms with E-state index < -0.39 is 6.23 Å². The molecule has 1 rings (SSSR count). The Hall–Kier alpha value is -1.35. The lowest BCUT2D eigenvalue weighted by Crippen LogP contribution is -2.27. The van der Waals surface area contributed by atoms with Gasteiger partial charge in [-0.15, -0.1) is 0 Å². The summed E-state index contributed by atoms with van der Waals surface area (Å²) in [4.78, 5) is 11.7. The van der Waals surface area contributed by atoms with Crippen LogP contribution in [0.15, 0.2) is 30.3 Å². The van der Waals surface area contributed by atoms with Crippen molar-refractivity contribution in [2.45, 2.75) is 77.4 Å². The third-order valence-corrected chi connectivity index (χ3v) is 3.83. The van der Waals surface area contributed by atoms with Gasteiger partial charge in [-0.2, -0.15) is 0 Å². The molecule has 0 amide bonds. The van der Waals surface area contributed by atoms with Crippen LogP contribution in [0.1, 0.15) is 70.3 Å². The number of hydrogen-bond donors (Lipinski definition) is 1. The minimum atomic E-state index is -0.489. The molecule has 124 valence electrons. The van der Waals surface area contributed by atoms with E-state index in [1.807, 2.05) is 18.2 Å². The Balaban J connectivity index is 2.01. The number of benzene rings is 1. The van der Waals surface area contributed by atoms with Crippen LogP contribution in [0.5, 0.6) is 0 Å². The number of aryl methyl sites for hydroxylation is 1. The van der Waals surface area contributed by atoms with Crippen molar-refractivity contribution in [3.05, 3.63) is 35.9 Å². The minimum Gasteiger partial charge on any atom is -0.447 e. The largest absolute Gasteiger partial charge is 0.447 e. The van der Waals surface area contributed by atoms with E-state index in [-0.39, 0.29) is 5.97 Å². The SMILES string of the molecule is CCCCCCCCCC(=O)OC(N)CCc1ccccc1. The summed E-state index contributed by atoms with van der Waals surface area (Å²) in [6.45, 7) is 2.22. The van der Waals surface area contributed by atoms with E-state index in [0.717, 1.165) is 19.3 Å². The van der Waals surface area contributed by atoms with Gasteiger partial charge in [0.15, 0.2) is 6.23 Å². The van der Waals surface area contributed by atoms with Crippen LogP contribution in [-0.4, -0.2) is 12.2 Å². The maximum absolute atomic E-state index is 11.7. The summed E-state index contributed by atoms with van der Waals surface area (Å²) in [5.41, 5.74) is 7.09. The normalized spacial score (nSPS) is 12.1. The molecule has 2 N–H and O–H groups in total. The van der Waals surface area contributed by atoms with E-state index >= 15 is 0 Å². The first-order chi connectivity index (χ1) is 10.7. The van der Waals surface area contributed by atoms with E-state index in [0.29, 0.717) is 12.8 Å². The topological polar surface area (TPSA) is 52.3 Å². The maximum atomic E-state index is 11.7. The number of carbonyl (C=O) groups excluding carboxylic acids is 1. The molecule has 0 fully saturated rings. The molecular formula is C19H31NO2. The first-order valence-electron chi connectivity index (χ1n) is 8.71. The highest BCUT2D eigenvalue weighted by atomic mass is 16.6. The highest BCUT2D eigenvalue weighted by Crippen LogP contribution is 2.10. The molecule has 0 saturated heterocycles. The van der Waals surface area contributed by atoms with E-state index in [9.17, 15) is 4.79 Å². The highest BCUT2D eigenvalue weighted by molar-refractivity contribution is 5.69. The maximum Gasteiger partial charge on any atom is 0.307 e. The lowest BCUT2D eigenvalue weighted by atomic mass is 10.1. The second kappa shape index (κ2) is 12.2. The zero-order valence-corrected chi connectivity index (χ0v) is 13.9. The Labute approximate surface area is 135 Å². The number of carbonyl (C=O) groups is 1. The van der Waals surface area contributed by atoms with Gasteiger partial charge in [0.05, 0.1) is 0 Å². The van der Waals surface area contributed by atoms with Gasteiger partial charge >= 0.3 is 5.97 Å². The van der Waals surface area contributed by atoms with E-state index in [1.54, 1.807) is 0 Å². The average molecular weight is 305 g/mol. The number of ether oxygens (including phenoxy) is 1. The molecule has 0 bridgehead atoms. The summed E-state index contributed by atoms with van der Waals surface area (Å²) < 4.78 is 5.26. The van der Waals surface area contributed by atoms with Crippen LogP contribution in [-0.2, 0) is 16.0 Å². The Bertz CT molecular complexity index is 392. The van der Waals surface area contributed by atoms with Gasteiger partial charge < -0.3 is 4.74 Å². The van der Waals surface area contributed by atoms with Gasteiger partial charge in [-0.1, -0.05) is 75.8 Å². The van der Waals surface area contributed by atoms with Crippen LogP contribution in [0, 0.1) is 0 Å². The smallest absolute Gasteiger partial charge is 0.307 e. The van der Waals surface area contributed by atoms with Gasteiger partial charge in [0.1, 0.15) is 0 Å². The lowest BCUT2D eigenvalue weighted by molar-refractivity contribution is -0.149. The second-order valence-electron chi connectivity index (χ2n) is 5.92. The molecule has 0 saturated carbocycles. The molecule has 0 radical (unpaired) electrons. The van der Waals surface area contributed by atoms with Crippen molar-refractivity contribution in [2.75, 3.05) is 0 Å². The van der Waals surface area contributed by atoms with Crippen molar-refractivity contribution >= 4 is 5.97 Å². The van der Waals surface area contributed by atoms with Crippen LogP contribution < -0.4 is 5.73 Å². The van der Waals surface area contributed by atoms with Gasteiger partial charge in [0.25, 0.3) is 0 Å². The summed E-state index contributed by atoms with van der Waals surface area (Å²) in [5.74, 6) is -0.158. The Morgan fingerprint density at radius 1 is 1.05 bits per heavy atom. The summed E-state index contributed by atoms with van der Waals surface area (Å²) in [6, 6.07) is 10.1. The Morgan fingerprint density at radius 3 is 2.36 bits per heavy atom. The molecule has 0 aliphatic rings. The van der Waals surface area contributed by atoms with Crippen LogP contribution in [0.25, 0.3) is 0 Å². The summed E-state index contributed by atoms with van der Waals surface area (Å²) in [7, 11) is 0. The van der Waals surface area contributed by atoms with Crippen LogP contribution in [0.4, 0.5) is 0 Å². The fraction of sp³-hybridized carbons (Fsp3) is 0.632. The molecule has 1 aromatic carbocycles. The first kappa shape index (κ1) is 18.7. The molecule has 0 aromatic heterocycles. The quantitative estimate of drug-likeness (QED) is 0.349. The van der Waals surface area contributed by atoms with E-state index in [4.69, 9.17) is 10.5 Å². The van der Waals surface area contributed by atoms with Gasteiger partial charge in [0.2, 0.25) is 0 Å². The number of esters is 1. The molecule has 0 aliphatic heterocycles. The monoisotopic (exact) mass is 305 g/mol. The molecule has 0 aliphatic carbocycles. The van der Waals surface area contributed by atoms with Crippen LogP contribution >= 0.6 is 0 Å². The molecule has 1 unspecified atom stereocenters. The van der Waals surface area contributed by atoms with Gasteiger partial charge in [0, 0.05) is 12.8 Å². The summed E-state index contributed by atoms with van der Waals surface area (Å²) >= 11 is 0. The highest BCUT2D eigenvalue weighted by Gasteiger charge is 2.09. The van der Waals surface area contributed by atoms with Gasteiger partial charge in [-0.25, -0.2) is 0 Å². The van der Waals surface area contributed by atoms with Crippen LogP contribution in [0.3, 0.4) is 0 Å². The number of hydrogen-bond acceptors (Lipinski definition) is 3. The third-order valence-electron chi connectivity index (χ3n) is 3.83. The molecule has 3 nitrogen and oxygen atoms in total. The molecule has 3 heteroatoms. The average Bonchev–Trinajstić information content (AvgIpc) is 2.53. The van der Waals surface area contributed by atoms with Crippen LogP contribution in [0.2, 0.25) is 0 Å². The van der Waals surface area contributed by atoms with E-state index in [1.165, 1.54) is 37.7 Å². The number of unbranched alkanes of at least 4 members (excludes halogenated alkanes) is 6. The second-order valence-corrected chi connectivity index (χ2v) is 5.92. The first-order valence-corrected chi connectivity index (χ1v) is 8.71. The minimum absolute atomic E-state index is 0.158. The van der Waals surface area contributed by atoms with Crippen molar-refractivity contribution in [1.29, 1.82) is 0 Å². The molecule has 1 aromatic rings. The fourth-order valence-corrected chi connectivity index (χ4v) is 2.47. The van der Waals surface area contributed by atoms with Crippen molar-refractivity contribution in [1.82, 2.24) is 0 Å². The summed E-state index contributed by atoms with van der Waals surface area (Å²) in [5, 5.41) is 0. The zero-order valence-electron chi connectivity index (χ0n) is 13.9. The molecule has 1 atom stereocenters. The van der Waals surface area contributed by atoms with Crippen molar-refractivity contribution in [3.8, 4) is 0 Å². The van der Waals surface area contributed by atoms with E-state index in [2.05, 4.69) is 19.1 Å². The van der Waals surface area contributed by atoms with Crippen molar-refractivity contribution in [3.63, 3.8) is 0 Å². The molecule has 0 heterocycles. The van der Waals surface area contributed by atoms with Crippen molar-refractivity contribution < 1.29 is 9.53 Å². The third kappa shape index (κ3) is 9.56. The molecule has 0 spiro atoms. The predicted molar refractivity (Wildman–Crippen MR) is 91.4 cm³/mol. The van der Waals surface area contributed by atoms with Gasteiger partial charge in [-0.3, -0.25) is 10.5 Å². The van der Waals surface area contributed by atoms with Gasteiger partial charge in [-0.05, 0) is 18.4 Å². The molecule has 22 heavy (non-hydrogen) atoms. The summed E-state index contributed by atoms with van der Waals surface area (Å²) in [6.07, 6.45) is 9.93. The predicted octanol–water partition coefficient (Wildman–Crippen LogP) is 4.59. The lowest BCUT2D eigenvalue weighted by Gasteiger charge is -2.13. The Morgan fingerprint density at radius 2 is 1.68 bits per heavy atom. The number of nitrogens with two attached hydrogens (primary N) is 1. The standard InChI is InChI=1S/C19H31NO2/c1-2-3-4-5-6-7-11-14-19(21)22-18(20)16-15-17-12-9-8-10-13-17/h8-10,12-13,18H,2-7,11,14-16,20H2,1H3. The Kier molecular flexibility index (Phi) is 10.4. The fourth-order valence-electron chi connectivity index (χ4n) is 2.47. The zero-order chi connectivity index (χ0) is 16.0. The molecular weight excluding hydrogens is 274 g/mol. The number of rotatable bonds is 12. The van der Waals surface area contributed by atoms with Crippen molar-refractivity contribution in [2.24, 2.45) is 5.73 Å².